The minimum atomic E-state index is 0. The number of nitrogens with zero attached hydrogens (tertiary/aromatic N) is 1. The third-order valence-corrected chi connectivity index (χ3v) is 4.44. The topological polar surface area (TPSA) is 3.24 Å². The summed E-state index contributed by atoms with van der Waals surface area (Å²) in [7, 11) is 0. The molecule has 1 radical (unpaired) electrons. The molecule has 1 aliphatic carbocycles. The first-order valence-corrected chi connectivity index (χ1v) is 6.24. The fourth-order valence-corrected chi connectivity index (χ4v) is 3.09. The maximum atomic E-state index is 3.36. The van der Waals surface area contributed by atoms with Crippen molar-refractivity contribution in [2.75, 3.05) is 4.90 Å². The predicted octanol–water partition coefficient (Wildman–Crippen LogP) is 3.81. The quantitative estimate of drug-likeness (QED) is 0.643. The van der Waals surface area contributed by atoms with Gasteiger partial charge in [-0.15, -0.1) is 6.07 Å². The van der Waals surface area contributed by atoms with Crippen molar-refractivity contribution in [2.45, 2.75) is 45.1 Å². The number of hydrogen-bond acceptors (Lipinski definition) is 1. The van der Waals surface area contributed by atoms with Crippen molar-refractivity contribution in [1.82, 2.24) is 0 Å². The Kier molecular flexibility index (Phi) is 3.31. The fourth-order valence-electron chi connectivity index (χ4n) is 3.09. The van der Waals surface area contributed by atoms with Gasteiger partial charge in [0.15, 0.2) is 6.54 Å². The summed E-state index contributed by atoms with van der Waals surface area (Å²) in [6, 6.07) is 11.7. The molecule has 17 heavy (non-hydrogen) atoms. The Morgan fingerprint density at radius 3 is 2.47 bits per heavy atom. The average Bonchev–Trinajstić information content (AvgIpc) is 2.32. The van der Waals surface area contributed by atoms with Gasteiger partial charge in [-0.05, 0) is 45.2 Å². The summed E-state index contributed by atoms with van der Waals surface area (Å²) in [5.74, 6) is 0. The molecule has 2 bridgehead atoms. The molecule has 2 heterocycles. The van der Waals surface area contributed by atoms with E-state index < -0.39 is 0 Å². The average molecular weight is 406 g/mol. The van der Waals surface area contributed by atoms with Crippen LogP contribution < -0.4 is 4.90 Å². The van der Waals surface area contributed by atoms with Crippen LogP contribution in [0.5, 0.6) is 0 Å². The minimum Gasteiger partial charge on any atom is -0.233 e. The summed E-state index contributed by atoms with van der Waals surface area (Å²) in [5, 5.41) is 0. The van der Waals surface area contributed by atoms with Crippen LogP contribution in [0.25, 0.3) is 0 Å². The van der Waals surface area contributed by atoms with Gasteiger partial charge in [-0.2, -0.15) is 24.3 Å². The molecule has 2 aliphatic heterocycles. The van der Waals surface area contributed by atoms with E-state index in [1.165, 1.54) is 31.4 Å². The van der Waals surface area contributed by atoms with Crippen molar-refractivity contribution in [1.29, 1.82) is 0 Å². The summed E-state index contributed by atoms with van der Waals surface area (Å²) in [6.45, 7) is 7.23. The summed E-state index contributed by atoms with van der Waals surface area (Å²) in [5.41, 5.74) is 1.98. The molecule has 1 aromatic rings. The van der Waals surface area contributed by atoms with E-state index in [-0.39, 0.29) is 20.1 Å². The van der Waals surface area contributed by atoms with Gasteiger partial charge in [0.05, 0.1) is 5.54 Å². The second kappa shape index (κ2) is 4.33. The molecule has 2 saturated heterocycles. The minimum absolute atomic E-state index is 0. The molecule has 0 N–H and O–H groups in total. The smallest absolute Gasteiger partial charge is 0.187 e. The molecule has 1 saturated carbocycles. The molecule has 3 fully saturated rings. The molecule has 0 unspecified atom stereocenters. The van der Waals surface area contributed by atoms with Crippen LogP contribution in [0.15, 0.2) is 24.3 Å². The van der Waals surface area contributed by atoms with Gasteiger partial charge < -0.3 is 0 Å². The number of benzene rings is 1. The SMILES string of the molecule is CC12[CH+]N(c3[c-]cccc3)C(C)(CC1)CC2.[Ir]. The number of hydrogen-bond donors (Lipinski definition) is 0. The van der Waals surface area contributed by atoms with Gasteiger partial charge in [-0.25, -0.2) is 4.90 Å². The molecule has 3 aliphatic rings. The number of piperidine rings is 2. The van der Waals surface area contributed by atoms with E-state index in [0.717, 1.165) is 0 Å². The maximum Gasteiger partial charge on any atom is 0.187 e. The molecule has 2 heteroatoms. The van der Waals surface area contributed by atoms with Gasteiger partial charge in [-0.1, -0.05) is 0 Å². The van der Waals surface area contributed by atoms with E-state index in [2.05, 4.69) is 43.5 Å². The predicted molar refractivity (Wildman–Crippen MR) is 67.0 cm³/mol. The Morgan fingerprint density at radius 2 is 1.88 bits per heavy atom. The molecule has 4 rings (SSSR count). The van der Waals surface area contributed by atoms with Crippen LogP contribution in [0.3, 0.4) is 0 Å². The molecular formula is C15H19IrN. The molecule has 1 nitrogen and oxygen atoms in total. The normalized spacial score (nSPS) is 35.1. The van der Waals surface area contributed by atoms with Crippen LogP contribution in [-0.2, 0) is 20.1 Å². The van der Waals surface area contributed by atoms with Crippen LogP contribution in [0.2, 0.25) is 0 Å². The van der Waals surface area contributed by atoms with Crippen molar-refractivity contribution < 1.29 is 20.1 Å². The first-order valence-electron chi connectivity index (χ1n) is 6.24. The van der Waals surface area contributed by atoms with Crippen molar-refractivity contribution >= 4 is 5.69 Å². The van der Waals surface area contributed by atoms with E-state index in [1.54, 1.807) is 0 Å². The van der Waals surface area contributed by atoms with Gasteiger partial charge in [-0.3, -0.25) is 0 Å². The Labute approximate surface area is 118 Å². The summed E-state index contributed by atoms with van der Waals surface area (Å²) < 4.78 is 0. The third kappa shape index (κ3) is 2.13. The van der Waals surface area contributed by atoms with Crippen LogP contribution in [0.1, 0.15) is 39.5 Å². The molecular weight excluding hydrogens is 386 g/mol. The monoisotopic (exact) mass is 406 g/mol. The summed E-state index contributed by atoms with van der Waals surface area (Å²) >= 11 is 0. The standard InChI is InChI=1S/C15H19N.Ir/c1-14-8-10-15(2,11-9-14)16(12-14)13-6-4-3-5-7-13;/h3-6,12H,8-11H2,1-2H3;. The van der Waals surface area contributed by atoms with Crippen molar-refractivity contribution in [3.63, 3.8) is 0 Å². The van der Waals surface area contributed by atoms with Crippen molar-refractivity contribution in [3.05, 3.63) is 36.9 Å². The van der Waals surface area contributed by atoms with Gasteiger partial charge in [0.1, 0.15) is 5.41 Å². The summed E-state index contributed by atoms with van der Waals surface area (Å²) in [4.78, 5) is 2.47. The fraction of sp³-hybridized carbons (Fsp3) is 0.533. The summed E-state index contributed by atoms with van der Waals surface area (Å²) in [6.07, 6.45) is 5.30. The van der Waals surface area contributed by atoms with Gasteiger partial charge >= 0.3 is 0 Å². The largest absolute Gasteiger partial charge is 0.233 e. The number of para-hydroxylation sites is 1. The zero-order chi connectivity index (χ0) is 11.2. The van der Waals surface area contributed by atoms with Gasteiger partial charge in [0.2, 0.25) is 0 Å². The Morgan fingerprint density at radius 1 is 1.18 bits per heavy atom. The Bertz CT molecular complexity index is 379. The van der Waals surface area contributed by atoms with Gasteiger partial charge in [0, 0.05) is 20.1 Å². The zero-order valence-corrected chi connectivity index (χ0v) is 12.9. The van der Waals surface area contributed by atoms with Gasteiger partial charge in [0.25, 0.3) is 0 Å². The molecule has 1 aromatic carbocycles. The zero-order valence-electron chi connectivity index (χ0n) is 10.5. The number of rotatable bonds is 1. The number of fused-ring (bicyclic) bond motifs is 3. The van der Waals surface area contributed by atoms with Crippen LogP contribution in [0, 0.1) is 18.0 Å². The first-order chi connectivity index (χ1) is 7.61. The Balaban J connectivity index is 0.00000108. The van der Waals surface area contributed by atoms with Crippen molar-refractivity contribution in [3.8, 4) is 0 Å². The second-order valence-corrected chi connectivity index (χ2v) is 5.90. The van der Waals surface area contributed by atoms with Crippen LogP contribution in [-0.4, -0.2) is 5.54 Å². The van der Waals surface area contributed by atoms with Crippen LogP contribution in [0.4, 0.5) is 5.69 Å². The van der Waals surface area contributed by atoms with E-state index >= 15 is 0 Å². The maximum absolute atomic E-state index is 3.36. The van der Waals surface area contributed by atoms with E-state index in [0.29, 0.717) is 11.0 Å². The van der Waals surface area contributed by atoms with E-state index in [1.807, 2.05) is 12.1 Å². The molecule has 0 aromatic heterocycles. The molecule has 0 spiro atoms. The second-order valence-electron chi connectivity index (χ2n) is 5.90. The van der Waals surface area contributed by atoms with E-state index in [4.69, 9.17) is 0 Å². The van der Waals surface area contributed by atoms with Crippen molar-refractivity contribution in [2.24, 2.45) is 5.41 Å². The molecule has 0 amide bonds. The molecule has 93 valence electrons. The van der Waals surface area contributed by atoms with Crippen LogP contribution >= 0.6 is 0 Å². The first kappa shape index (κ1) is 13.0. The molecule has 0 atom stereocenters. The Hall–Kier alpha value is -0.461. The van der Waals surface area contributed by atoms with E-state index in [9.17, 15) is 0 Å². The number of anilines is 1. The third-order valence-electron chi connectivity index (χ3n) is 4.44.